The lowest BCUT2D eigenvalue weighted by atomic mass is 10.1. The van der Waals surface area contributed by atoms with Crippen molar-refractivity contribution in [1.82, 2.24) is 9.99 Å². The monoisotopic (exact) mass is 329 g/mol. The van der Waals surface area contributed by atoms with Crippen LogP contribution >= 0.6 is 0 Å². The number of carbonyl (C=O) groups excluding carboxylic acids is 2. The normalized spacial score (nSPS) is 10.9. The number of hydrogen-bond acceptors (Lipinski definition) is 3. The van der Waals surface area contributed by atoms with Crippen LogP contribution in [-0.2, 0) is 0 Å². The average Bonchev–Trinajstić information content (AvgIpc) is 3.06. The summed E-state index contributed by atoms with van der Waals surface area (Å²) in [7, 11) is 0. The summed E-state index contributed by atoms with van der Waals surface area (Å²) in [5, 5.41) is 2.74. The van der Waals surface area contributed by atoms with Gasteiger partial charge in [-0.05, 0) is 29.0 Å². The van der Waals surface area contributed by atoms with E-state index in [0.29, 0.717) is 22.0 Å². The minimum Gasteiger partial charge on any atom is -0.290 e. The van der Waals surface area contributed by atoms with Gasteiger partial charge in [-0.25, -0.2) is 5.84 Å². The second kappa shape index (κ2) is 5.89. The summed E-state index contributed by atoms with van der Waals surface area (Å²) in [4.78, 5) is 25.0. The topological polar surface area (TPSA) is 77.1 Å². The number of nitrogens with one attached hydrogen (secondary N) is 1. The summed E-state index contributed by atoms with van der Waals surface area (Å²) in [5.74, 6) is 4.63. The van der Waals surface area contributed by atoms with E-state index in [1.54, 1.807) is 12.1 Å². The van der Waals surface area contributed by atoms with Crippen molar-refractivity contribution >= 4 is 33.5 Å². The fourth-order valence-electron chi connectivity index (χ4n) is 3.07. The Kier molecular flexibility index (Phi) is 3.56. The minimum atomic E-state index is -0.429. The van der Waals surface area contributed by atoms with Crippen LogP contribution in [0.15, 0.2) is 72.9 Å². The van der Waals surface area contributed by atoms with Crippen molar-refractivity contribution in [3.63, 3.8) is 0 Å². The van der Waals surface area contributed by atoms with Crippen LogP contribution in [0.2, 0.25) is 0 Å². The second-order valence-electron chi connectivity index (χ2n) is 5.77. The van der Waals surface area contributed by atoms with Gasteiger partial charge in [-0.1, -0.05) is 48.5 Å². The molecule has 1 heterocycles. The number of para-hydroxylation sites is 1. The highest BCUT2D eigenvalue weighted by Crippen LogP contribution is 2.23. The molecule has 0 fully saturated rings. The van der Waals surface area contributed by atoms with Crippen LogP contribution in [0, 0.1) is 0 Å². The van der Waals surface area contributed by atoms with Gasteiger partial charge in [0.2, 0.25) is 0 Å². The molecule has 4 rings (SSSR count). The van der Waals surface area contributed by atoms with Gasteiger partial charge in [-0.2, -0.15) is 0 Å². The van der Waals surface area contributed by atoms with E-state index in [1.807, 2.05) is 54.6 Å². The van der Waals surface area contributed by atoms with Crippen molar-refractivity contribution in [2.75, 3.05) is 0 Å². The number of nitrogen functional groups attached to an aromatic ring is 1. The quantitative estimate of drug-likeness (QED) is 0.337. The summed E-state index contributed by atoms with van der Waals surface area (Å²) >= 11 is 0. The third kappa shape index (κ3) is 2.47. The predicted molar refractivity (Wildman–Crippen MR) is 97.3 cm³/mol. The zero-order valence-corrected chi connectivity index (χ0v) is 13.3. The summed E-state index contributed by atoms with van der Waals surface area (Å²) < 4.78 is 1.49. The maximum absolute atomic E-state index is 13.0. The largest absolute Gasteiger partial charge is 0.290 e. The molecule has 0 bridgehead atoms. The van der Waals surface area contributed by atoms with Gasteiger partial charge in [0.15, 0.2) is 0 Å². The highest BCUT2D eigenvalue weighted by Gasteiger charge is 2.18. The van der Waals surface area contributed by atoms with E-state index in [1.165, 1.54) is 10.8 Å². The predicted octanol–water partition coefficient (Wildman–Crippen LogP) is 3.09. The number of benzene rings is 3. The van der Waals surface area contributed by atoms with E-state index in [9.17, 15) is 9.59 Å². The first-order valence-electron chi connectivity index (χ1n) is 7.83. The Bertz CT molecular complexity index is 1130. The fraction of sp³-hybridized carbons (Fsp3) is 0. The molecule has 0 atom stereocenters. The number of aromatic nitrogens is 1. The van der Waals surface area contributed by atoms with Gasteiger partial charge < -0.3 is 0 Å². The number of fused-ring (bicyclic) bond motifs is 2. The van der Waals surface area contributed by atoms with E-state index >= 15 is 0 Å². The molecule has 1 amide bonds. The van der Waals surface area contributed by atoms with E-state index in [2.05, 4.69) is 5.43 Å². The molecule has 0 unspecified atom stereocenters. The van der Waals surface area contributed by atoms with Crippen molar-refractivity contribution in [1.29, 1.82) is 0 Å². The number of hydrogen-bond donors (Lipinski definition) is 2. The summed E-state index contributed by atoms with van der Waals surface area (Å²) in [6, 6.07) is 20.7. The Morgan fingerprint density at radius 2 is 1.60 bits per heavy atom. The first-order chi connectivity index (χ1) is 12.2. The van der Waals surface area contributed by atoms with Crippen LogP contribution in [0.25, 0.3) is 21.7 Å². The lowest BCUT2D eigenvalue weighted by molar-refractivity contribution is 0.0955. The Labute approximate surface area is 143 Å². The number of hydrazine groups is 1. The maximum atomic E-state index is 13.0. The number of nitrogens with two attached hydrogens (primary N) is 1. The molecular weight excluding hydrogens is 314 g/mol. The highest BCUT2D eigenvalue weighted by molar-refractivity contribution is 6.11. The first kappa shape index (κ1) is 15.1. The SMILES string of the molecule is NNC(=O)c1cn(C(=O)c2ccc3ccccc3c2)c2ccccc12. The van der Waals surface area contributed by atoms with Gasteiger partial charge in [-0.15, -0.1) is 0 Å². The van der Waals surface area contributed by atoms with Crippen molar-refractivity contribution < 1.29 is 9.59 Å². The third-order valence-corrected chi connectivity index (χ3v) is 4.30. The summed E-state index contributed by atoms with van der Waals surface area (Å²) in [5.41, 5.74) is 3.71. The molecule has 0 radical (unpaired) electrons. The van der Waals surface area contributed by atoms with Crippen LogP contribution in [-0.4, -0.2) is 16.4 Å². The molecule has 1 aromatic heterocycles. The molecule has 0 spiro atoms. The summed E-state index contributed by atoms with van der Waals surface area (Å²) in [6.45, 7) is 0. The molecule has 3 aromatic carbocycles. The third-order valence-electron chi connectivity index (χ3n) is 4.30. The Balaban J connectivity index is 1.88. The molecular formula is C20H15N3O2. The average molecular weight is 329 g/mol. The van der Waals surface area contributed by atoms with E-state index in [0.717, 1.165) is 10.8 Å². The van der Waals surface area contributed by atoms with Crippen molar-refractivity contribution in [3.8, 4) is 0 Å². The molecule has 0 aliphatic rings. The van der Waals surface area contributed by atoms with E-state index in [-0.39, 0.29) is 5.91 Å². The molecule has 122 valence electrons. The number of nitrogens with zero attached hydrogens (tertiary/aromatic N) is 1. The van der Waals surface area contributed by atoms with Crippen LogP contribution in [0.5, 0.6) is 0 Å². The highest BCUT2D eigenvalue weighted by atomic mass is 16.2. The van der Waals surface area contributed by atoms with Crippen LogP contribution in [0.1, 0.15) is 20.7 Å². The van der Waals surface area contributed by atoms with Gasteiger partial charge in [-0.3, -0.25) is 19.6 Å². The number of amides is 1. The smallest absolute Gasteiger partial charge is 0.267 e. The van der Waals surface area contributed by atoms with Crippen molar-refractivity contribution in [2.45, 2.75) is 0 Å². The second-order valence-corrected chi connectivity index (χ2v) is 5.77. The molecule has 0 saturated heterocycles. The minimum absolute atomic E-state index is 0.196. The molecule has 0 saturated carbocycles. The standard InChI is InChI=1S/C20H15N3O2/c21-22-19(24)17-12-23(18-8-4-3-7-16(17)18)20(25)15-10-9-13-5-1-2-6-14(13)11-15/h1-12H,21H2,(H,22,24). The van der Waals surface area contributed by atoms with Gasteiger partial charge in [0.25, 0.3) is 11.8 Å². The molecule has 5 nitrogen and oxygen atoms in total. The lowest BCUT2D eigenvalue weighted by Gasteiger charge is -2.06. The molecule has 25 heavy (non-hydrogen) atoms. The van der Waals surface area contributed by atoms with E-state index < -0.39 is 5.91 Å². The number of rotatable bonds is 2. The first-order valence-corrected chi connectivity index (χ1v) is 7.83. The molecule has 0 aliphatic carbocycles. The van der Waals surface area contributed by atoms with Gasteiger partial charge in [0, 0.05) is 17.1 Å². The number of carbonyl (C=O) groups is 2. The fourth-order valence-corrected chi connectivity index (χ4v) is 3.07. The molecule has 4 aromatic rings. The van der Waals surface area contributed by atoms with Gasteiger partial charge >= 0.3 is 0 Å². The Morgan fingerprint density at radius 3 is 2.40 bits per heavy atom. The Hall–Kier alpha value is -3.44. The van der Waals surface area contributed by atoms with Crippen LogP contribution < -0.4 is 11.3 Å². The van der Waals surface area contributed by atoms with Crippen molar-refractivity contribution in [3.05, 3.63) is 84.1 Å². The van der Waals surface area contributed by atoms with Crippen molar-refractivity contribution in [2.24, 2.45) is 5.84 Å². The lowest BCUT2D eigenvalue weighted by Crippen LogP contribution is -2.29. The zero-order chi connectivity index (χ0) is 17.4. The maximum Gasteiger partial charge on any atom is 0.267 e. The van der Waals surface area contributed by atoms with Gasteiger partial charge in [0.1, 0.15) is 0 Å². The molecule has 5 heteroatoms. The molecule has 3 N–H and O–H groups in total. The Morgan fingerprint density at radius 1 is 0.880 bits per heavy atom. The molecule has 0 aliphatic heterocycles. The van der Waals surface area contributed by atoms with Crippen LogP contribution in [0.3, 0.4) is 0 Å². The zero-order valence-electron chi connectivity index (χ0n) is 13.3. The van der Waals surface area contributed by atoms with Crippen LogP contribution in [0.4, 0.5) is 0 Å². The van der Waals surface area contributed by atoms with E-state index in [4.69, 9.17) is 5.84 Å². The van der Waals surface area contributed by atoms with Gasteiger partial charge in [0.05, 0.1) is 11.1 Å². The summed E-state index contributed by atoms with van der Waals surface area (Å²) in [6.07, 6.45) is 1.53.